The minimum Gasteiger partial charge on any atom is -0.407 e. The third kappa shape index (κ3) is 5.69. The molecule has 288 valence electrons. The summed E-state index contributed by atoms with van der Waals surface area (Å²) < 4.78 is 99.9. The van der Waals surface area contributed by atoms with E-state index in [2.05, 4.69) is 37.7 Å². The molecule has 0 N–H and O–H groups in total. The Hall–Kier alpha value is -7.77. The summed E-state index contributed by atoms with van der Waals surface area (Å²) in [5.74, 6) is 0.110. The normalized spacial score (nSPS) is 14.3. The van der Waals surface area contributed by atoms with Crippen LogP contribution >= 0.6 is 0 Å². The van der Waals surface area contributed by atoms with Crippen molar-refractivity contribution in [2.45, 2.75) is 26.2 Å². The Labute approximate surface area is 360 Å². The molecule has 0 spiro atoms. The molecule has 0 amide bonds. The van der Waals surface area contributed by atoms with Crippen molar-refractivity contribution in [1.29, 1.82) is 0 Å². The summed E-state index contributed by atoms with van der Waals surface area (Å²) in [6, 6.07) is 29.7. The maximum absolute atomic E-state index is 14.1. The van der Waals surface area contributed by atoms with E-state index in [1.54, 1.807) is 57.7 Å². The Balaban J connectivity index is 1.15. The van der Waals surface area contributed by atoms with Crippen LogP contribution < -0.4 is 10.3 Å². The van der Waals surface area contributed by atoms with Crippen LogP contribution in [-0.4, -0.2) is 18.7 Å². The number of pyridine rings is 1. The fourth-order valence-electron chi connectivity index (χ4n) is 8.12. The molecule has 7 heteroatoms. The van der Waals surface area contributed by atoms with E-state index < -0.39 is 66.2 Å². The molecule has 4 heterocycles. The maximum Gasteiger partial charge on any atom is 0.424 e. The van der Waals surface area contributed by atoms with Gasteiger partial charge in [-0.05, 0) is 81.8 Å². The van der Waals surface area contributed by atoms with Crippen molar-refractivity contribution in [3.05, 3.63) is 204 Å². The lowest BCUT2D eigenvalue weighted by atomic mass is 9.88. The van der Waals surface area contributed by atoms with E-state index in [1.165, 1.54) is 4.57 Å². The first-order valence-corrected chi connectivity index (χ1v) is 19.4. The molecule has 0 atom stereocenters. The van der Waals surface area contributed by atoms with Gasteiger partial charge in [0.25, 0.3) is 6.33 Å². The molecule has 4 aromatic heterocycles. The Kier molecular flexibility index (Phi) is 5.99. The second-order valence-electron chi connectivity index (χ2n) is 15.5. The van der Waals surface area contributed by atoms with Crippen LogP contribution in [0.4, 0.5) is 0 Å². The summed E-state index contributed by atoms with van der Waals surface area (Å²) in [6.45, 7) is 6.46. The fraction of sp³-hybridized carbons (Fsp3) is 0.0755. The van der Waals surface area contributed by atoms with Crippen molar-refractivity contribution in [2.75, 3.05) is 0 Å². The molecular formula is C53H39N5O2. The van der Waals surface area contributed by atoms with E-state index in [9.17, 15) is 4.79 Å². The van der Waals surface area contributed by atoms with Crippen molar-refractivity contribution >= 4 is 43.9 Å². The lowest BCUT2D eigenvalue weighted by molar-refractivity contribution is -0.571. The molecule has 0 unspecified atom stereocenters. The van der Waals surface area contributed by atoms with E-state index in [-0.39, 0.29) is 33.4 Å². The Morgan fingerprint density at radius 2 is 1.30 bits per heavy atom. The molecule has 0 bridgehead atoms. The largest absolute Gasteiger partial charge is 0.424 e. The highest BCUT2D eigenvalue weighted by Crippen LogP contribution is 2.37. The molecular weight excluding hydrogens is 739 g/mol. The number of para-hydroxylation sites is 4. The quantitative estimate of drug-likeness (QED) is 0.125. The van der Waals surface area contributed by atoms with Gasteiger partial charge < -0.3 is 4.42 Å². The summed E-state index contributed by atoms with van der Waals surface area (Å²) in [5, 5.41) is 1.84. The summed E-state index contributed by atoms with van der Waals surface area (Å²) in [4.78, 5) is 18.9. The Morgan fingerprint density at radius 1 is 0.633 bits per heavy atom. The second-order valence-corrected chi connectivity index (χ2v) is 15.5. The molecule has 11 rings (SSSR count). The minimum absolute atomic E-state index is 0.125. The van der Waals surface area contributed by atoms with Gasteiger partial charge in [-0.15, -0.1) is 0 Å². The first kappa shape index (κ1) is 26.3. The molecule has 60 heavy (non-hydrogen) atoms. The number of rotatable bonds is 6. The molecule has 7 nitrogen and oxygen atoms in total. The van der Waals surface area contributed by atoms with Gasteiger partial charge in [0.05, 0.1) is 52.7 Å². The third-order valence-electron chi connectivity index (χ3n) is 10.9. The van der Waals surface area contributed by atoms with Crippen molar-refractivity contribution in [3.63, 3.8) is 0 Å². The van der Waals surface area contributed by atoms with E-state index in [0.29, 0.717) is 33.5 Å². The third-order valence-corrected chi connectivity index (χ3v) is 10.9. The van der Waals surface area contributed by atoms with Crippen molar-refractivity contribution in [3.8, 4) is 45.1 Å². The van der Waals surface area contributed by atoms with E-state index in [1.807, 2.05) is 66.9 Å². The lowest BCUT2D eigenvalue weighted by Gasteiger charge is -2.20. The van der Waals surface area contributed by atoms with Gasteiger partial charge in [0.15, 0.2) is 5.58 Å². The van der Waals surface area contributed by atoms with Crippen LogP contribution in [0.1, 0.15) is 40.0 Å². The molecule has 0 saturated heterocycles. The van der Waals surface area contributed by atoms with E-state index in [0.717, 1.165) is 33.2 Å². The number of oxazole rings is 1. The number of benzene rings is 7. The molecule has 11 aromatic rings. The summed E-state index contributed by atoms with van der Waals surface area (Å²) in [6.07, 6.45) is 5.22. The Morgan fingerprint density at radius 3 is 2.03 bits per heavy atom. The first-order chi connectivity index (χ1) is 33.5. The minimum atomic E-state index is -0.615. The molecule has 0 aliphatic rings. The number of hydrogen-bond acceptors (Lipinski definition) is 3. The summed E-state index contributed by atoms with van der Waals surface area (Å²) in [5.41, 5.74) is 5.78. The number of hydrogen-bond donors (Lipinski definition) is 0. The molecule has 0 radical (unpaired) electrons. The van der Waals surface area contributed by atoms with Crippen LogP contribution in [0.3, 0.4) is 0 Å². The zero-order chi connectivity index (χ0) is 49.2. The number of nitrogens with zero attached hydrogens (tertiary/aromatic N) is 5. The van der Waals surface area contributed by atoms with Gasteiger partial charge in [-0.25, -0.2) is 14.3 Å². The van der Waals surface area contributed by atoms with Gasteiger partial charge >= 0.3 is 5.76 Å². The van der Waals surface area contributed by atoms with Crippen LogP contribution in [0.25, 0.3) is 89.1 Å². The van der Waals surface area contributed by atoms with Gasteiger partial charge in [0, 0.05) is 22.7 Å². The number of aromatic nitrogens is 5. The monoisotopic (exact) mass is 787 g/mol. The van der Waals surface area contributed by atoms with E-state index >= 15 is 0 Å². The highest BCUT2D eigenvalue weighted by atomic mass is 16.4. The highest BCUT2D eigenvalue weighted by molar-refractivity contribution is 6.12. The molecule has 0 aliphatic carbocycles. The summed E-state index contributed by atoms with van der Waals surface area (Å²) >= 11 is 0. The molecule has 0 saturated carbocycles. The SMILES string of the molecule is [2H]c1c([2H])c([2H])c(-c2cccc(-c3c([2H])c([2H])c([2H])c([2H])c3[2H])c2-[n+]2[c-]n(-c3cccc(-n4c(=O)oc5cc6c7ccccc7n(-c7cc(C(C)(C)C)ccn7)c6cc54)c3)c3ccccc32)c([2H])c1[2H]. The number of fused-ring (bicyclic) bond motifs is 5. The van der Waals surface area contributed by atoms with Crippen LogP contribution in [-0.2, 0) is 5.41 Å². The zero-order valence-corrected chi connectivity index (χ0v) is 32.6. The number of imidazole rings is 1. The molecule has 7 aromatic carbocycles. The molecule has 0 aliphatic heterocycles. The van der Waals surface area contributed by atoms with Crippen LogP contribution in [0.15, 0.2) is 191 Å². The topological polar surface area (TPSA) is 61.8 Å². The van der Waals surface area contributed by atoms with Crippen molar-refractivity contribution in [2.24, 2.45) is 0 Å². The van der Waals surface area contributed by atoms with Crippen LogP contribution in [0.2, 0.25) is 0 Å². The van der Waals surface area contributed by atoms with Crippen molar-refractivity contribution in [1.82, 2.24) is 18.7 Å². The lowest BCUT2D eigenvalue weighted by Crippen LogP contribution is -2.31. The maximum atomic E-state index is 14.1. The average molecular weight is 788 g/mol. The smallest absolute Gasteiger partial charge is 0.407 e. The van der Waals surface area contributed by atoms with E-state index in [4.69, 9.17) is 23.1 Å². The average Bonchev–Trinajstić information content (AvgIpc) is 4.01. The second kappa shape index (κ2) is 13.7. The van der Waals surface area contributed by atoms with Gasteiger partial charge in [0.2, 0.25) is 0 Å². The zero-order valence-electron chi connectivity index (χ0n) is 42.6. The standard InChI is InChI=1S/C53H39N5O2/c1-53(2,3)37-28-29-54-50(30-37)58-44-25-11-10-22-42(44)43-32-49-48(33-47(43)58)57(52(59)60-49)39-21-14-20-38(31-39)55-34-56(46-27-13-12-26-45(46)55)51-40(35-16-6-4-7-17-35)23-15-24-41(51)36-18-8-5-9-19-36/h4-33H,1-3H3/i4D,5D,6D,7D,8D,9D,16D,17D,18D,19D. The van der Waals surface area contributed by atoms with Gasteiger partial charge in [-0.1, -0.05) is 148 Å². The predicted octanol–water partition coefficient (Wildman–Crippen LogP) is 11.7. The molecule has 0 fully saturated rings. The first-order valence-electron chi connectivity index (χ1n) is 24.4. The predicted molar refractivity (Wildman–Crippen MR) is 241 cm³/mol. The van der Waals surface area contributed by atoms with Crippen molar-refractivity contribution < 1.29 is 22.7 Å². The van der Waals surface area contributed by atoms with Gasteiger partial charge in [0.1, 0.15) is 5.82 Å². The van der Waals surface area contributed by atoms with Crippen LogP contribution in [0, 0.1) is 6.33 Å². The van der Waals surface area contributed by atoms with Crippen LogP contribution in [0.5, 0.6) is 0 Å². The Bertz CT molecular complexity index is 3960. The summed E-state index contributed by atoms with van der Waals surface area (Å²) in [7, 11) is 0. The van der Waals surface area contributed by atoms with Gasteiger partial charge in [-0.2, -0.15) is 0 Å². The van der Waals surface area contributed by atoms with Gasteiger partial charge in [-0.3, -0.25) is 13.7 Å². The highest BCUT2D eigenvalue weighted by Gasteiger charge is 2.23. The fourth-order valence-corrected chi connectivity index (χ4v) is 8.12.